The summed E-state index contributed by atoms with van der Waals surface area (Å²) in [7, 11) is 0. The SMILES string of the molecule is CSc1ccc(/C=N\NC(=O)C2CCN(C(=O)c3ccc(Cl)cc3Cl)CC2)cc1. The molecule has 0 radical (unpaired) electrons. The molecule has 1 saturated heterocycles. The molecule has 152 valence electrons. The van der Waals surface area contributed by atoms with Crippen molar-refractivity contribution in [3.63, 3.8) is 0 Å². The van der Waals surface area contributed by atoms with Crippen LogP contribution in [0.3, 0.4) is 0 Å². The molecule has 2 aromatic rings. The van der Waals surface area contributed by atoms with E-state index in [2.05, 4.69) is 10.5 Å². The molecule has 0 spiro atoms. The summed E-state index contributed by atoms with van der Waals surface area (Å²) in [6.07, 6.45) is 4.82. The van der Waals surface area contributed by atoms with E-state index in [1.807, 2.05) is 30.5 Å². The molecule has 29 heavy (non-hydrogen) atoms. The van der Waals surface area contributed by atoms with Crippen molar-refractivity contribution in [1.82, 2.24) is 10.3 Å². The Kier molecular flexibility index (Phi) is 7.58. The summed E-state index contributed by atoms with van der Waals surface area (Å²) in [6, 6.07) is 12.8. The van der Waals surface area contributed by atoms with Gasteiger partial charge in [0.15, 0.2) is 0 Å². The summed E-state index contributed by atoms with van der Waals surface area (Å²) >= 11 is 13.7. The number of amides is 2. The normalized spacial score (nSPS) is 14.9. The molecule has 0 aliphatic carbocycles. The lowest BCUT2D eigenvalue weighted by atomic mass is 9.95. The maximum Gasteiger partial charge on any atom is 0.255 e. The molecule has 2 amide bonds. The van der Waals surface area contributed by atoms with Gasteiger partial charge in [0.05, 0.1) is 16.8 Å². The number of hydrazone groups is 1. The number of piperidine rings is 1. The molecule has 1 heterocycles. The molecule has 5 nitrogen and oxygen atoms in total. The van der Waals surface area contributed by atoms with Crippen molar-refractivity contribution in [2.24, 2.45) is 11.0 Å². The van der Waals surface area contributed by atoms with E-state index in [-0.39, 0.29) is 17.7 Å². The Morgan fingerprint density at radius 3 is 2.45 bits per heavy atom. The Bertz CT molecular complexity index is 911. The number of halogens is 2. The van der Waals surface area contributed by atoms with Crippen LogP contribution in [0.5, 0.6) is 0 Å². The zero-order valence-corrected chi connectivity index (χ0v) is 18.2. The second-order valence-electron chi connectivity index (χ2n) is 6.70. The first-order valence-corrected chi connectivity index (χ1v) is 11.2. The molecule has 0 bridgehead atoms. The van der Waals surface area contributed by atoms with E-state index in [0.717, 1.165) is 5.56 Å². The van der Waals surface area contributed by atoms with Crippen LogP contribution in [-0.2, 0) is 4.79 Å². The molecule has 0 aromatic heterocycles. The fourth-order valence-corrected chi connectivity index (χ4v) is 4.03. The van der Waals surface area contributed by atoms with Gasteiger partial charge in [-0.25, -0.2) is 5.43 Å². The Morgan fingerprint density at radius 2 is 1.83 bits per heavy atom. The van der Waals surface area contributed by atoms with Crippen LogP contribution in [0.25, 0.3) is 0 Å². The van der Waals surface area contributed by atoms with Gasteiger partial charge in [-0.2, -0.15) is 5.10 Å². The van der Waals surface area contributed by atoms with Gasteiger partial charge in [0.1, 0.15) is 0 Å². The van der Waals surface area contributed by atoms with Crippen molar-refractivity contribution in [2.45, 2.75) is 17.7 Å². The summed E-state index contributed by atoms with van der Waals surface area (Å²) in [6.45, 7) is 0.992. The first kappa shape index (κ1) is 21.7. The van der Waals surface area contributed by atoms with Gasteiger partial charge < -0.3 is 4.90 Å². The van der Waals surface area contributed by atoms with E-state index in [1.165, 1.54) is 4.90 Å². The fourth-order valence-electron chi connectivity index (χ4n) is 3.13. The summed E-state index contributed by atoms with van der Waals surface area (Å²) in [5.74, 6) is -0.438. The number of hydrogen-bond donors (Lipinski definition) is 1. The second kappa shape index (κ2) is 10.1. The number of likely N-dealkylation sites (tertiary alicyclic amines) is 1. The third-order valence-corrected chi connectivity index (χ3v) is 6.11. The van der Waals surface area contributed by atoms with Gasteiger partial charge in [-0.1, -0.05) is 35.3 Å². The average molecular weight is 450 g/mol. The zero-order valence-electron chi connectivity index (χ0n) is 15.9. The van der Waals surface area contributed by atoms with Crippen molar-refractivity contribution in [3.8, 4) is 0 Å². The molecule has 0 unspecified atom stereocenters. The van der Waals surface area contributed by atoms with Crippen molar-refractivity contribution in [1.29, 1.82) is 0 Å². The molecule has 0 atom stereocenters. The van der Waals surface area contributed by atoms with Crippen LogP contribution in [0.4, 0.5) is 0 Å². The molecular formula is C21H21Cl2N3O2S. The quantitative estimate of drug-likeness (QED) is 0.408. The van der Waals surface area contributed by atoms with Gasteiger partial charge in [-0.05, 0) is 55.0 Å². The van der Waals surface area contributed by atoms with Crippen molar-refractivity contribution < 1.29 is 9.59 Å². The van der Waals surface area contributed by atoms with E-state index in [0.29, 0.717) is 41.5 Å². The van der Waals surface area contributed by atoms with E-state index in [9.17, 15) is 9.59 Å². The van der Waals surface area contributed by atoms with Crippen LogP contribution in [0, 0.1) is 5.92 Å². The zero-order chi connectivity index (χ0) is 20.8. The maximum atomic E-state index is 12.7. The number of thioether (sulfide) groups is 1. The molecule has 1 aliphatic heterocycles. The molecule has 2 aromatic carbocycles. The molecule has 1 fully saturated rings. The number of hydrogen-bond acceptors (Lipinski definition) is 4. The minimum Gasteiger partial charge on any atom is -0.339 e. The van der Waals surface area contributed by atoms with Crippen LogP contribution in [0.2, 0.25) is 10.0 Å². The lowest BCUT2D eigenvalue weighted by molar-refractivity contribution is -0.126. The van der Waals surface area contributed by atoms with Crippen LogP contribution in [-0.4, -0.2) is 42.3 Å². The average Bonchev–Trinajstić information content (AvgIpc) is 2.74. The Hall–Kier alpha value is -2.02. The Morgan fingerprint density at radius 1 is 1.14 bits per heavy atom. The highest BCUT2D eigenvalue weighted by molar-refractivity contribution is 7.98. The molecular weight excluding hydrogens is 429 g/mol. The Labute approximate surface area is 184 Å². The highest BCUT2D eigenvalue weighted by atomic mass is 35.5. The number of rotatable bonds is 5. The number of nitrogens with one attached hydrogen (secondary N) is 1. The fraction of sp³-hybridized carbons (Fsp3) is 0.286. The van der Waals surface area contributed by atoms with Gasteiger partial charge >= 0.3 is 0 Å². The largest absolute Gasteiger partial charge is 0.339 e. The molecule has 1 aliphatic rings. The number of nitrogens with zero attached hydrogens (tertiary/aromatic N) is 2. The highest BCUT2D eigenvalue weighted by Crippen LogP contribution is 2.25. The molecule has 3 rings (SSSR count). The van der Waals surface area contributed by atoms with Crippen molar-refractivity contribution in [2.75, 3.05) is 19.3 Å². The number of carbonyl (C=O) groups is 2. The van der Waals surface area contributed by atoms with Crippen LogP contribution in [0.15, 0.2) is 52.5 Å². The molecule has 1 N–H and O–H groups in total. The standard InChI is InChI=1S/C21H21Cl2N3O2S/c1-29-17-5-2-14(3-6-17)13-24-25-20(27)15-8-10-26(11-9-15)21(28)18-7-4-16(22)12-19(18)23/h2-7,12-13,15H,8-11H2,1H3,(H,25,27)/b24-13-. The van der Waals surface area contributed by atoms with Gasteiger partial charge in [0.2, 0.25) is 5.91 Å². The third-order valence-electron chi connectivity index (χ3n) is 4.82. The van der Waals surface area contributed by atoms with Gasteiger partial charge in [-0.3, -0.25) is 9.59 Å². The number of carbonyl (C=O) groups excluding carboxylic acids is 2. The predicted molar refractivity (Wildman–Crippen MR) is 119 cm³/mol. The molecule has 0 saturated carbocycles. The predicted octanol–water partition coefficient (Wildman–Crippen LogP) is 4.72. The Balaban J connectivity index is 1.49. The van der Waals surface area contributed by atoms with Crippen LogP contribution < -0.4 is 5.43 Å². The second-order valence-corrected chi connectivity index (χ2v) is 8.42. The topological polar surface area (TPSA) is 61.8 Å². The van der Waals surface area contributed by atoms with E-state index in [1.54, 1.807) is 41.1 Å². The van der Waals surface area contributed by atoms with E-state index < -0.39 is 0 Å². The summed E-state index contributed by atoms with van der Waals surface area (Å²) in [4.78, 5) is 27.9. The van der Waals surface area contributed by atoms with Crippen molar-refractivity contribution in [3.05, 3.63) is 63.6 Å². The lowest BCUT2D eigenvalue weighted by Gasteiger charge is -2.31. The van der Waals surface area contributed by atoms with E-state index >= 15 is 0 Å². The highest BCUT2D eigenvalue weighted by Gasteiger charge is 2.28. The monoisotopic (exact) mass is 449 g/mol. The lowest BCUT2D eigenvalue weighted by Crippen LogP contribution is -2.42. The van der Waals surface area contributed by atoms with Crippen LogP contribution in [0.1, 0.15) is 28.8 Å². The minimum absolute atomic E-state index is 0.126. The third kappa shape index (κ3) is 5.75. The van der Waals surface area contributed by atoms with E-state index in [4.69, 9.17) is 23.2 Å². The van der Waals surface area contributed by atoms with Gasteiger partial charge in [0.25, 0.3) is 5.91 Å². The van der Waals surface area contributed by atoms with Crippen LogP contribution >= 0.6 is 35.0 Å². The first-order valence-electron chi connectivity index (χ1n) is 9.19. The van der Waals surface area contributed by atoms with Crippen molar-refractivity contribution >= 4 is 53.0 Å². The number of benzene rings is 2. The first-order chi connectivity index (χ1) is 14.0. The van der Waals surface area contributed by atoms with Gasteiger partial charge in [0, 0.05) is 28.9 Å². The summed E-state index contributed by atoms with van der Waals surface area (Å²) in [5.41, 5.74) is 3.95. The summed E-state index contributed by atoms with van der Waals surface area (Å²) < 4.78 is 0. The van der Waals surface area contributed by atoms with Gasteiger partial charge in [-0.15, -0.1) is 11.8 Å². The maximum absolute atomic E-state index is 12.7. The summed E-state index contributed by atoms with van der Waals surface area (Å²) in [5, 5.41) is 4.88. The minimum atomic E-state index is -0.171. The smallest absolute Gasteiger partial charge is 0.255 e. The molecule has 8 heteroatoms.